The number of piperidine rings is 1. The number of hydrogen-bond acceptors (Lipinski definition) is 6. The van der Waals surface area contributed by atoms with Crippen LogP contribution in [-0.2, 0) is 24.2 Å². The van der Waals surface area contributed by atoms with Crippen LogP contribution in [0.25, 0.3) is 0 Å². The van der Waals surface area contributed by atoms with E-state index in [9.17, 15) is 31.6 Å². The summed E-state index contributed by atoms with van der Waals surface area (Å²) in [7, 11) is -2.95. The van der Waals surface area contributed by atoms with E-state index in [1.165, 1.54) is 36.1 Å². The number of hydrogen-bond donors (Lipinski definition) is 1. The lowest BCUT2D eigenvalue weighted by atomic mass is 9.99. The molecule has 2 saturated carbocycles. The number of carbonyl (C=O) groups is 3. The summed E-state index contributed by atoms with van der Waals surface area (Å²) in [5, 5.41) is 2.88. The van der Waals surface area contributed by atoms with Crippen molar-refractivity contribution < 1.29 is 36.3 Å². The number of methoxy groups -OCH3 is 1. The predicted octanol–water partition coefficient (Wildman–Crippen LogP) is 3.09. The second-order valence-corrected chi connectivity index (χ2v) is 12.3. The number of nitrogens with zero attached hydrogens (tertiary/aromatic N) is 1. The molecular formula is C27H28F2N2O6S. The number of carbonyl (C=O) groups excluding carboxylic acids is 3. The summed E-state index contributed by atoms with van der Waals surface area (Å²) < 4.78 is 58.7. The van der Waals surface area contributed by atoms with Crippen LogP contribution >= 0.6 is 0 Å². The van der Waals surface area contributed by atoms with Gasteiger partial charge in [0, 0.05) is 17.2 Å². The molecule has 2 aromatic carbocycles. The molecular weight excluding hydrogens is 518 g/mol. The number of halogens is 2. The van der Waals surface area contributed by atoms with E-state index in [0.717, 1.165) is 38.5 Å². The standard InChI is InChI=1S/C27H28F2N2O6S/c1-14-8-21(29)19(12-20(14)28)25(15-6-7-15)30-26(33)23-11-17-10-22(17)31(23)27(34)16-4-3-5-18(9-16)38(35,36)13-24(32)37-2/h3-5,8-9,12,15,17,22-23,25H,6-7,10-11,13H2,1-2H3,(H,30,33)/t17-,22-,23-,25-/m1/s1. The zero-order chi connectivity index (χ0) is 27.4. The molecule has 5 rings (SSSR count). The molecule has 2 amide bonds. The fourth-order valence-corrected chi connectivity index (χ4v) is 6.47. The predicted molar refractivity (Wildman–Crippen MR) is 132 cm³/mol. The number of rotatable bonds is 8. The van der Waals surface area contributed by atoms with Crippen LogP contribution in [0.4, 0.5) is 8.78 Å². The Morgan fingerprint density at radius 3 is 2.53 bits per heavy atom. The minimum Gasteiger partial charge on any atom is -0.468 e. The highest BCUT2D eigenvalue weighted by Crippen LogP contribution is 2.49. The lowest BCUT2D eigenvalue weighted by molar-refractivity contribution is -0.137. The molecule has 1 heterocycles. The van der Waals surface area contributed by atoms with Crippen molar-refractivity contribution in [3.8, 4) is 0 Å². The summed E-state index contributed by atoms with van der Waals surface area (Å²) in [6.45, 7) is 1.47. The molecule has 3 fully saturated rings. The van der Waals surface area contributed by atoms with Crippen LogP contribution < -0.4 is 5.32 Å². The van der Waals surface area contributed by atoms with Gasteiger partial charge in [-0.15, -0.1) is 0 Å². The van der Waals surface area contributed by atoms with Crippen molar-refractivity contribution in [2.24, 2.45) is 11.8 Å². The molecule has 38 heavy (non-hydrogen) atoms. The number of esters is 1. The Labute approximate surface area is 219 Å². The highest BCUT2D eigenvalue weighted by atomic mass is 32.2. The van der Waals surface area contributed by atoms with Gasteiger partial charge in [-0.05, 0) is 80.3 Å². The van der Waals surface area contributed by atoms with Crippen LogP contribution in [-0.4, -0.2) is 56.0 Å². The molecule has 202 valence electrons. The first kappa shape index (κ1) is 26.3. The molecule has 0 unspecified atom stereocenters. The van der Waals surface area contributed by atoms with Gasteiger partial charge in [0.2, 0.25) is 5.91 Å². The molecule has 3 aliphatic rings. The largest absolute Gasteiger partial charge is 0.468 e. The number of likely N-dealkylation sites (tertiary alicyclic amines) is 1. The number of ether oxygens (including phenoxy) is 1. The van der Waals surface area contributed by atoms with Crippen molar-refractivity contribution in [3.63, 3.8) is 0 Å². The first-order chi connectivity index (χ1) is 18.0. The second-order valence-electron chi connectivity index (χ2n) is 10.3. The quantitative estimate of drug-likeness (QED) is 0.510. The molecule has 0 radical (unpaired) electrons. The minimum absolute atomic E-state index is 0.0210. The molecule has 8 nitrogen and oxygen atoms in total. The Bertz CT molecular complexity index is 1420. The van der Waals surface area contributed by atoms with Gasteiger partial charge >= 0.3 is 5.97 Å². The van der Waals surface area contributed by atoms with Gasteiger partial charge in [-0.2, -0.15) is 0 Å². The highest BCUT2D eigenvalue weighted by molar-refractivity contribution is 7.92. The summed E-state index contributed by atoms with van der Waals surface area (Å²) in [6, 6.07) is 5.92. The summed E-state index contributed by atoms with van der Waals surface area (Å²) in [6.07, 6.45) is 2.71. The maximum absolute atomic E-state index is 14.8. The molecule has 2 aromatic rings. The molecule has 1 saturated heterocycles. The second kappa shape index (κ2) is 9.76. The third-order valence-corrected chi connectivity index (χ3v) is 9.21. The van der Waals surface area contributed by atoms with Gasteiger partial charge in [0.05, 0.1) is 18.0 Å². The van der Waals surface area contributed by atoms with E-state index in [4.69, 9.17) is 0 Å². The van der Waals surface area contributed by atoms with Crippen molar-refractivity contribution >= 4 is 27.6 Å². The van der Waals surface area contributed by atoms with Gasteiger partial charge in [0.25, 0.3) is 5.91 Å². The number of benzene rings is 2. The van der Waals surface area contributed by atoms with Crippen LogP contribution in [0.15, 0.2) is 41.3 Å². The van der Waals surface area contributed by atoms with Crippen molar-refractivity contribution in [3.05, 3.63) is 64.7 Å². The van der Waals surface area contributed by atoms with Crippen molar-refractivity contribution in [2.75, 3.05) is 12.9 Å². The molecule has 0 bridgehead atoms. The third kappa shape index (κ3) is 5.03. The lowest BCUT2D eigenvalue weighted by Gasteiger charge is -2.29. The Morgan fingerprint density at radius 1 is 1.11 bits per heavy atom. The Hall–Kier alpha value is -3.34. The Morgan fingerprint density at radius 2 is 1.84 bits per heavy atom. The SMILES string of the molecule is COC(=O)CS(=O)(=O)c1cccc(C(=O)N2[C@@H](C(=O)N[C@@H](c3cc(F)c(C)cc3F)C3CC3)C[C@H]3C[C@H]32)c1. The van der Waals surface area contributed by atoms with Crippen LogP contribution in [0.2, 0.25) is 0 Å². The molecule has 2 aliphatic carbocycles. The van der Waals surface area contributed by atoms with E-state index in [0.29, 0.717) is 6.42 Å². The Kier molecular flexibility index (Phi) is 6.75. The maximum Gasteiger partial charge on any atom is 0.321 e. The smallest absolute Gasteiger partial charge is 0.321 e. The van der Waals surface area contributed by atoms with Gasteiger partial charge in [-0.3, -0.25) is 14.4 Å². The van der Waals surface area contributed by atoms with E-state index < -0.39 is 57.1 Å². The number of nitrogens with one attached hydrogen (secondary N) is 1. The molecule has 1 aliphatic heterocycles. The van der Waals surface area contributed by atoms with Crippen molar-refractivity contribution in [1.29, 1.82) is 0 Å². The molecule has 0 aromatic heterocycles. The topological polar surface area (TPSA) is 110 Å². The zero-order valence-electron chi connectivity index (χ0n) is 20.9. The van der Waals surface area contributed by atoms with E-state index in [-0.39, 0.29) is 39.5 Å². The van der Waals surface area contributed by atoms with Crippen LogP contribution in [0.1, 0.15) is 53.2 Å². The summed E-state index contributed by atoms with van der Waals surface area (Å²) in [4.78, 5) is 39.8. The fraction of sp³-hybridized carbons (Fsp3) is 0.444. The van der Waals surface area contributed by atoms with E-state index in [1.54, 1.807) is 0 Å². The number of sulfone groups is 1. The van der Waals surface area contributed by atoms with Crippen LogP contribution in [0, 0.1) is 30.4 Å². The summed E-state index contributed by atoms with van der Waals surface area (Å²) in [5.74, 6) is -3.75. The monoisotopic (exact) mass is 546 g/mol. The van der Waals surface area contributed by atoms with Gasteiger partial charge < -0.3 is 15.0 Å². The van der Waals surface area contributed by atoms with Crippen LogP contribution in [0.3, 0.4) is 0 Å². The zero-order valence-corrected chi connectivity index (χ0v) is 21.8. The van der Waals surface area contributed by atoms with Gasteiger partial charge in [0.1, 0.15) is 17.7 Å². The third-order valence-electron chi connectivity index (χ3n) is 7.62. The average Bonchev–Trinajstić information content (AvgIpc) is 3.82. The van der Waals surface area contributed by atoms with E-state index >= 15 is 0 Å². The summed E-state index contributed by atoms with van der Waals surface area (Å²) >= 11 is 0. The van der Waals surface area contributed by atoms with E-state index in [2.05, 4.69) is 10.1 Å². The van der Waals surface area contributed by atoms with Gasteiger partial charge in [-0.1, -0.05) is 6.07 Å². The van der Waals surface area contributed by atoms with Gasteiger partial charge in [-0.25, -0.2) is 17.2 Å². The Balaban J connectivity index is 1.37. The molecule has 4 atom stereocenters. The molecule has 0 spiro atoms. The van der Waals surface area contributed by atoms with Crippen LogP contribution in [0.5, 0.6) is 0 Å². The first-order valence-electron chi connectivity index (χ1n) is 12.5. The highest BCUT2D eigenvalue weighted by Gasteiger charge is 2.56. The minimum atomic E-state index is -4.03. The number of amides is 2. The van der Waals surface area contributed by atoms with Crippen molar-refractivity contribution in [2.45, 2.75) is 55.6 Å². The fourth-order valence-electron chi connectivity index (χ4n) is 5.28. The van der Waals surface area contributed by atoms with E-state index in [1.807, 2.05) is 0 Å². The maximum atomic E-state index is 14.8. The summed E-state index contributed by atoms with van der Waals surface area (Å²) in [5.41, 5.74) is 0.343. The normalized spacial score (nSPS) is 22.9. The average molecular weight is 547 g/mol. The lowest BCUT2D eigenvalue weighted by Crippen LogP contribution is -2.49. The van der Waals surface area contributed by atoms with Crippen molar-refractivity contribution in [1.82, 2.24) is 10.2 Å². The first-order valence-corrected chi connectivity index (χ1v) is 14.1. The number of fused-ring (bicyclic) bond motifs is 1. The number of aryl methyl sites for hydroxylation is 1. The molecule has 11 heteroatoms. The van der Waals surface area contributed by atoms with Gasteiger partial charge in [0.15, 0.2) is 15.6 Å². The molecule has 1 N–H and O–H groups in total.